The number of benzene rings is 2. The third-order valence-corrected chi connectivity index (χ3v) is 4.46. The van der Waals surface area contributed by atoms with E-state index < -0.39 is 5.97 Å². The molecule has 0 radical (unpaired) electrons. The summed E-state index contributed by atoms with van der Waals surface area (Å²) in [6, 6.07) is 11.5. The molecule has 0 aliphatic carbocycles. The minimum Gasteiger partial charge on any atom is -0.507 e. The van der Waals surface area contributed by atoms with Crippen molar-refractivity contribution in [3.63, 3.8) is 0 Å². The predicted octanol–water partition coefficient (Wildman–Crippen LogP) is 5.24. The van der Waals surface area contributed by atoms with Crippen LogP contribution in [0.5, 0.6) is 5.75 Å². The third kappa shape index (κ3) is 3.82. The smallest absolute Gasteiger partial charge is 0.371 e. The Morgan fingerprint density at radius 3 is 2.48 bits per heavy atom. The van der Waals surface area contributed by atoms with Crippen LogP contribution in [0.3, 0.4) is 0 Å². The van der Waals surface area contributed by atoms with Crippen LogP contribution in [0.4, 0.5) is 0 Å². The largest absolute Gasteiger partial charge is 0.507 e. The fourth-order valence-corrected chi connectivity index (χ4v) is 3.07. The molecular weight excluding hydrogens is 391 g/mol. The van der Waals surface area contributed by atoms with Crippen molar-refractivity contribution < 1.29 is 19.3 Å². The maximum Gasteiger partial charge on any atom is 0.371 e. The highest BCUT2D eigenvalue weighted by atomic mass is 35.5. The first-order valence-electron chi connectivity index (χ1n) is 7.85. The van der Waals surface area contributed by atoms with Crippen LogP contribution in [-0.2, 0) is 4.84 Å². The number of nitrogens with zero attached hydrogens (tertiary/aromatic N) is 2. The summed E-state index contributed by atoms with van der Waals surface area (Å²) < 4.78 is 5.14. The highest BCUT2D eigenvalue weighted by Crippen LogP contribution is 2.37. The molecule has 3 rings (SSSR count). The number of hydrogen-bond acceptors (Lipinski definition) is 6. The Hall–Kier alpha value is -2.83. The van der Waals surface area contributed by atoms with Gasteiger partial charge in [0.1, 0.15) is 22.8 Å². The summed E-state index contributed by atoms with van der Waals surface area (Å²) in [4.78, 5) is 17.6. The van der Waals surface area contributed by atoms with Crippen LogP contribution in [0.15, 0.2) is 52.1 Å². The van der Waals surface area contributed by atoms with Crippen molar-refractivity contribution >= 4 is 34.9 Å². The number of carbonyl (C=O) groups is 1. The van der Waals surface area contributed by atoms with Crippen LogP contribution < -0.4 is 0 Å². The van der Waals surface area contributed by atoms with Gasteiger partial charge in [-0.25, -0.2) is 4.79 Å². The van der Waals surface area contributed by atoms with E-state index in [1.54, 1.807) is 50.2 Å². The summed E-state index contributed by atoms with van der Waals surface area (Å²) in [6.45, 7) is 3.17. The minimum absolute atomic E-state index is 0.0273. The molecule has 27 heavy (non-hydrogen) atoms. The number of rotatable bonds is 4. The predicted molar refractivity (Wildman–Crippen MR) is 102 cm³/mol. The summed E-state index contributed by atoms with van der Waals surface area (Å²) in [6.07, 6.45) is 0. The number of aromatic hydroxyl groups is 1. The van der Waals surface area contributed by atoms with Crippen LogP contribution in [-0.4, -0.2) is 21.9 Å². The molecule has 3 aromatic rings. The Labute approximate surface area is 164 Å². The van der Waals surface area contributed by atoms with E-state index in [1.807, 2.05) is 0 Å². The molecule has 0 spiro atoms. The van der Waals surface area contributed by atoms with Crippen LogP contribution in [0.25, 0.3) is 11.3 Å². The molecule has 0 saturated carbocycles. The van der Waals surface area contributed by atoms with Crippen LogP contribution in [0, 0.1) is 6.92 Å². The number of phenols is 1. The van der Waals surface area contributed by atoms with Crippen LogP contribution in [0.1, 0.15) is 28.6 Å². The van der Waals surface area contributed by atoms with E-state index in [0.717, 1.165) is 0 Å². The summed E-state index contributed by atoms with van der Waals surface area (Å²) >= 11 is 12.4. The highest BCUT2D eigenvalue weighted by Gasteiger charge is 2.26. The standard InChI is InChI=1S/C19H14Cl2N2O4/c1-10(12-6-3-4-9-15(12)24)22-27-19(25)16-11(2)26-23-18(16)17-13(20)7-5-8-14(17)21/h3-9,24H,1-2H3. The number of phenolic OH excluding ortho intramolecular Hbond substituents is 1. The normalized spacial score (nSPS) is 11.5. The second kappa shape index (κ2) is 7.82. The van der Waals surface area contributed by atoms with Gasteiger partial charge in [-0.1, -0.05) is 51.7 Å². The van der Waals surface area contributed by atoms with Gasteiger partial charge in [0.25, 0.3) is 0 Å². The molecule has 0 saturated heterocycles. The molecule has 0 aliphatic rings. The quantitative estimate of drug-likeness (QED) is 0.364. The maximum atomic E-state index is 12.6. The van der Waals surface area contributed by atoms with E-state index >= 15 is 0 Å². The highest BCUT2D eigenvalue weighted by molar-refractivity contribution is 6.39. The summed E-state index contributed by atoms with van der Waals surface area (Å²) in [7, 11) is 0. The van der Waals surface area contributed by atoms with Crippen molar-refractivity contribution in [1.29, 1.82) is 0 Å². The monoisotopic (exact) mass is 404 g/mol. The molecule has 0 unspecified atom stereocenters. The van der Waals surface area contributed by atoms with Gasteiger partial charge in [0, 0.05) is 11.1 Å². The Kier molecular flexibility index (Phi) is 5.48. The Morgan fingerprint density at radius 2 is 1.81 bits per heavy atom. The second-order valence-corrected chi connectivity index (χ2v) is 6.45. The summed E-state index contributed by atoms with van der Waals surface area (Å²) in [5.74, 6) is -0.518. The number of carbonyl (C=O) groups excluding carboxylic acids is 1. The average Bonchev–Trinajstić information content (AvgIpc) is 3.01. The lowest BCUT2D eigenvalue weighted by atomic mass is 10.1. The van der Waals surface area contributed by atoms with Crippen molar-refractivity contribution in [2.45, 2.75) is 13.8 Å². The Balaban J connectivity index is 1.94. The summed E-state index contributed by atoms with van der Waals surface area (Å²) in [5.41, 5.74) is 1.38. The molecule has 0 amide bonds. The van der Waals surface area contributed by atoms with Gasteiger partial charge in [-0.05, 0) is 38.1 Å². The first-order valence-corrected chi connectivity index (χ1v) is 8.60. The zero-order valence-electron chi connectivity index (χ0n) is 14.4. The molecular formula is C19H14Cl2N2O4. The summed E-state index contributed by atoms with van der Waals surface area (Å²) in [5, 5.41) is 18.2. The van der Waals surface area contributed by atoms with Gasteiger partial charge in [0.2, 0.25) is 0 Å². The topological polar surface area (TPSA) is 84.9 Å². The molecule has 0 atom stereocenters. The molecule has 0 aliphatic heterocycles. The molecule has 138 valence electrons. The fraction of sp³-hybridized carbons (Fsp3) is 0.105. The van der Waals surface area contributed by atoms with Crippen LogP contribution >= 0.6 is 23.2 Å². The van der Waals surface area contributed by atoms with Crippen molar-refractivity contribution in [1.82, 2.24) is 5.16 Å². The van der Waals surface area contributed by atoms with E-state index in [2.05, 4.69) is 10.3 Å². The molecule has 0 fully saturated rings. The van der Waals surface area contributed by atoms with E-state index in [1.165, 1.54) is 6.07 Å². The van der Waals surface area contributed by atoms with Gasteiger partial charge < -0.3 is 14.5 Å². The number of aromatic nitrogens is 1. The van der Waals surface area contributed by atoms with Crippen molar-refractivity contribution in [3.8, 4) is 17.0 Å². The molecule has 8 heteroatoms. The van der Waals surface area contributed by atoms with Crippen LogP contribution in [0.2, 0.25) is 10.0 Å². The molecule has 6 nitrogen and oxygen atoms in total. The fourth-order valence-electron chi connectivity index (χ4n) is 2.49. The number of halogens is 2. The number of para-hydroxylation sites is 1. The van der Waals surface area contributed by atoms with E-state index in [-0.39, 0.29) is 22.8 Å². The maximum absolute atomic E-state index is 12.6. The lowest BCUT2D eigenvalue weighted by Gasteiger charge is -2.06. The lowest BCUT2D eigenvalue weighted by molar-refractivity contribution is 0.0515. The number of oxime groups is 1. The second-order valence-electron chi connectivity index (χ2n) is 5.63. The van der Waals surface area contributed by atoms with E-state index in [4.69, 9.17) is 32.6 Å². The van der Waals surface area contributed by atoms with Gasteiger partial charge in [-0.2, -0.15) is 0 Å². The van der Waals surface area contributed by atoms with Gasteiger partial charge >= 0.3 is 5.97 Å². The van der Waals surface area contributed by atoms with Gasteiger partial charge in [0.05, 0.1) is 15.8 Å². The van der Waals surface area contributed by atoms with Crippen molar-refractivity contribution in [3.05, 3.63) is 69.4 Å². The molecule has 1 heterocycles. The molecule has 1 N–H and O–H groups in total. The lowest BCUT2D eigenvalue weighted by Crippen LogP contribution is -2.06. The first kappa shape index (κ1) is 18.9. The zero-order valence-corrected chi connectivity index (χ0v) is 15.9. The average molecular weight is 405 g/mol. The third-order valence-electron chi connectivity index (χ3n) is 3.83. The molecule has 2 aromatic carbocycles. The van der Waals surface area contributed by atoms with Crippen molar-refractivity contribution in [2.75, 3.05) is 0 Å². The SMILES string of the molecule is CC(=NOC(=O)c1c(-c2c(Cl)cccc2Cl)noc1C)c1ccccc1O. The van der Waals surface area contributed by atoms with E-state index in [0.29, 0.717) is 26.9 Å². The zero-order chi connectivity index (χ0) is 19.6. The van der Waals surface area contributed by atoms with E-state index in [9.17, 15) is 9.90 Å². The Bertz CT molecular complexity index is 1020. The Morgan fingerprint density at radius 1 is 1.15 bits per heavy atom. The number of aryl methyl sites for hydroxylation is 1. The minimum atomic E-state index is -0.783. The van der Waals surface area contributed by atoms with Gasteiger partial charge in [0.15, 0.2) is 0 Å². The van der Waals surface area contributed by atoms with Crippen molar-refractivity contribution in [2.24, 2.45) is 5.16 Å². The first-order chi connectivity index (χ1) is 12.9. The molecule has 0 bridgehead atoms. The number of hydrogen-bond donors (Lipinski definition) is 1. The van der Waals surface area contributed by atoms with Gasteiger partial charge in [-0.3, -0.25) is 0 Å². The van der Waals surface area contributed by atoms with Gasteiger partial charge in [-0.15, -0.1) is 0 Å². The molecule has 1 aromatic heterocycles.